The van der Waals surface area contributed by atoms with Gasteiger partial charge >= 0.3 is 0 Å². The molecule has 2 heteroatoms. The van der Waals surface area contributed by atoms with Crippen molar-refractivity contribution in [1.29, 1.82) is 0 Å². The molecule has 0 aliphatic heterocycles. The summed E-state index contributed by atoms with van der Waals surface area (Å²) in [6.45, 7) is 6.51. The van der Waals surface area contributed by atoms with Gasteiger partial charge in [0.05, 0.1) is 0 Å². The van der Waals surface area contributed by atoms with Gasteiger partial charge in [0.15, 0.2) is 0 Å². The van der Waals surface area contributed by atoms with E-state index >= 15 is 0 Å². The third-order valence-corrected chi connectivity index (χ3v) is 3.95. The molecular formula is C14H25NO. The molecule has 0 unspecified atom stereocenters. The van der Waals surface area contributed by atoms with Gasteiger partial charge in [-0.15, -0.1) is 0 Å². The highest BCUT2D eigenvalue weighted by Crippen LogP contribution is 2.36. The van der Waals surface area contributed by atoms with Gasteiger partial charge in [-0.2, -0.15) is 0 Å². The van der Waals surface area contributed by atoms with Crippen molar-refractivity contribution >= 4 is 5.78 Å². The van der Waals surface area contributed by atoms with Crippen LogP contribution < -0.4 is 5.73 Å². The van der Waals surface area contributed by atoms with Gasteiger partial charge < -0.3 is 5.73 Å². The number of Topliss-reactive ketones (excluding diaryl/α,β-unsaturated/α-hetero) is 1. The summed E-state index contributed by atoms with van der Waals surface area (Å²) in [6.07, 6.45) is 8.22. The van der Waals surface area contributed by atoms with Gasteiger partial charge in [0.1, 0.15) is 5.78 Å². The van der Waals surface area contributed by atoms with Crippen molar-refractivity contribution < 1.29 is 4.79 Å². The lowest BCUT2D eigenvalue weighted by Crippen LogP contribution is -2.38. The third-order valence-electron chi connectivity index (χ3n) is 3.95. The smallest absolute Gasteiger partial charge is 0.144 e. The molecule has 2 nitrogen and oxygen atoms in total. The zero-order valence-electron chi connectivity index (χ0n) is 10.6. The van der Waals surface area contributed by atoms with Crippen molar-refractivity contribution in [3.8, 4) is 0 Å². The molecule has 1 rings (SSSR count). The Labute approximate surface area is 99.3 Å². The standard InChI is InChI=1S/C14H25NO/c1-3-12(2)10-13(16)14(11-15)8-6-4-5-7-9-14/h2-11,15H2,1H3. The van der Waals surface area contributed by atoms with Crippen molar-refractivity contribution in [3.05, 3.63) is 12.2 Å². The maximum atomic E-state index is 12.3. The number of nitrogens with two attached hydrogens (primary N) is 1. The zero-order chi connectivity index (χ0) is 12.0. The molecule has 0 bridgehead atoms. The quantitative estimate of drug-likeness (QED) is 0.574. The van der Waals surface area contributed by atoms with E-state index in [0.29, 0.717) is 18.7 Å². The lowest BCUT2D eigenvalue weighted by molar-refractivity contribution is -0.128. The Morgan fingerprint density at radius 2 is 1.81 bits per heavy atom. The van der Waals surface area contributed by atoms with E-state index in [1.165, 1.54) is 12.8 Å². The number of ketones is 1. The molecule has 0 aromatic heterocycles. The van der Waals surface area contributed by atoms with Crippen molar-refractivity contribution in [3.63, 3.8) is 0 Å². The van der Waals surface area contributed by atoms with Gasteiger partial charge in [0.2, 0.25) is 0 Å². The molecule has 0 aromatic carbocycles. The Hall–Kier alpha value is -0.630. The fourth-order valence-corrected chi connectivity index (χ4v) is 2.54. The summed E-state index contributed by atoms with van der Waals surface area (Å²) in [5.41, 5.74) is 6.69. The number of carbonyl (C=O) groups is 1. The Balaban J connectivity index is 2.69. The lowest BCUT2D eigenvalue weighted by Gasteiger charge is -2.30. The Kier molecular flexibility index (Phi) is 5.20. The maximum Gasteiger partial charge on any atom is 0.144 e. The van der Waals surface area contributed by atoms with Crippen LogP contribution in [0.1, 0.15) is 58.3 Å². The summed E-state index contributed by atoms with van der Waals surface area (Å²) >= 11 is 0. The molecule has 0 spiro atoms. The first kappa shape index (κ1) is 13.4. The van der Waals surface area contributed by atoms with Gasteiger partial charge in [-0.05, 0) is 19.3 Å². The second-order valence-corrected chi connectivity index (χ2v) is 5.10. The summed E-state index contributed by atoms with van der Waals surface area (Å²) < 4.78 is 0. The van der Waals surface area contributed by atoms with E-state index in [0.717, 1.165) is 37.7 Å². The molecule has 1 aliphatic carbocycles. The Morgan fingerprint density at radius 1 is 1.25 bits per heavy atom. The van der Waals surface area contributed by atoms with Crippen LogP contribution in [0.25, 0.3) is 0 Å². The van der Waals surface area contributed by atoms with Crippen LogP contribution >= 0.6 is 0 Å². The number of allylic oxidation sites excluding steroid dienone is 1. The largest absolute Gasteiger partial charge is 0.329 e. The average molecular weight is 223 g/mol. The highest BCUT2D eigenvalue weighted by molar-refractivity contribution is 5.87. The number of hydrogen-bond donors (Lipinski definition) is 1. The predicted molar refractivity (Wildman–Crippen MR) is 68.2 cm³/mol. The molecule has 1 saturated carbocycles. The van der Waals surface area contributed by atoms with Crippen LogP contribution in [-0.4, -0.2) is 12.3 Å². The Morgan fingerprint density at radius 3 is 2.25 bits per heavy atom. The highest BCUT2D eigenvalue weighted by Gasteiger charge is 2.36. The van der Waals surface area contributed by atoms with Gasteiger partial charge in [0, 0.05) is 18.4 Å². The molecule has 16 heavy (non-hydrogen) atoms. The van der Waals surface area contributed by atoms with E-state index < -0.39 is 0 Å². The minimum Gasteiger partial charge on any atom is -0.329 e. The van der Waals surface area contributed by atoms with Gasteiger partial charge in [-0.3, -0.25) is 4.79 Å². The van der Waals surface area contributed by atoms with E-state index in [1.54, 1.807) is 0 Å². The van der Waals surface area contributed by atoms with E-state index in [-0.39, 0.29) is 5.41 Å². The topological polar surface area (TPSA) is 43.1 Å². The Bertz CT molecular complexity index is 249. The summed E-state index contributed by atoms with van der Waals surface area (Å²) in [6, 6.07) is 0. The first-order valence-corrected chi connectivity index (χ1v) is 6.54. The molecule has 2 N–H and O–H groups in total. The number of rotatable bonds is 5. The highest BCUT2D eigenvalue weighted by atomic mass is 16.1. The van der Waals surface area contributed by atoms with Crippen molar-refractivity contribution in [1.82, 2.24) is 0 Å². The molecule has 0 atom stereocenters. The fourth-order valence-electron chi connectivity index (χ4n) is 2.54. The SMILES string of the molecule is C=C(CC)CC(=O)C1(CN)CCCCCC1. The molecule has 1 aliphatic rings. The first-order chi connectivity index (χ1) is 7.64. The van der Waals surface area contributed by atoms with E-state index in [4.69, 9.17) is 5.73 Å². The molecule has 0 radical (unpaired) electrons. The van der Waals surface area contributed by atoms with Crippen molar-refractivity contribution in [2.24, 2.45) is 11.1 Å². The van der Waals surface area contributed by atoms with Crippen LogP contribution in [0.5, 0.6) is 0 Å². The predicted octanol–water partition coefficient (Wildman–Crippen LogP) is 3.21. The third kappa shape index (κ3) is 3.18. The van der Waals surface area contributed by atoms with E-state index in [1.807, 2.05) is 0 Å². The molecule has 0 amide bonds. The molecule has 0 aromatic rings. The maximum absolute atomic E-state index is 12.3. The molecule has 92 valence electrons. The number of hydrogen-bond acceptors (Lipinski definition) is 2. The van der Waals surface area contributed by atoms with Gasteiger partial charge in [0.25, 0.3) is 0 Å². The number of carbonyl (C=O) groups excluding carboxylic acids is 1. The van der Waals surface area contributed by atoms with Crippen LogP contribution in [0.2, 0.25) is 0 Å². The minimum absolute atomic E-state index is 0.228. The summed E-state index contributed by atoms with van der Waals surface area (Å²) in [4.78, 5) is 12.3. The summed E-state index contributed by atoms with van der Waals surface area (Å²) in [5, 5.41) is 0. The first-order valence-electron chi connectivity index (χ1n) is 6.54. The molecule has 1 fully saturated rings. The summed E-state index contributed by atoms with van der Waals surface area (Å²) in [7, 11) is 0. The van der Waals surface area contributed by atoms with Crippen LogP contribution in [0.4, 0.5) is 0 Å². The zero-order valence-corrected chi connectivity index (χ0v) is 10.6. The van der Waals surface area contributed by atoms with Crippen LogP contribution in [0.15, 0.2) is 12.2 Å². The van der Waals surface area contributed by atoms with E-state index in [2.05, 4.69) is 13.5 Å². The van der Waals surface area contributed by atoms with Gasteiger partial charge in [-0.1, -0.05) is 44.8 Å². The molecule has 0 heterocycles. The van der Waals surface area contributed by atoms with Gasteiger partial charge in [-0.25, -0.2) is 0 Å². The van der Waals surface area contributed by atoms with Crippen LogP contribution in [0.3, 0.4) is 0 Å². The lowest BCUT2D eigenvalue weighted by atomic mass is 9.74. The van der Waals surface area contributed by atoms with Crippen LogP contribution in [-0.2, 0) is 4.79 Å². The molecule has 0 saturated heterocycles. The fraction of sp³-hybridized carbons (Fsp3) is 0.786. The average Bonchev–Trinajstić information content (AvgIpc) is 2.54. The van der Waals surface area contributed by atoms with Crippen molar-refractivity contribution in [2.45, 2.75) is 58.3 Å². The monoisotopic (exact) mass is 223 g/mol. The van der Waals surface area contributed by atoms with Crippen LogP contribution in [0, 0.1) is 5.41 Å². The second kappa shape index (κ2) is 6.19. The normalized spacial score (nSPS) is 20.1. The second-order valence-electron chi connectivity index (χ2n) is 5.10. The minimum atomic E-state index is -0.228. The molecular weight excluding hydrogens is 198 g/mol. The summed E-state index contributed by atoms with van der Waals surface area (Å²) in [5.74, 6) is 0.337. The van der Waals surface area contributed by atoms with E-state index in [9.17, 15) is 4.79 Å². The van der Waals surface area contributed by atoms with Crippen molar-refractivity contribution in [2.75, 3.05) is 6.54 Å².